The molecule has 3 aromatic rings. The third-order valence-electron chi connectivity index (χ3n) is 2.36. The Hall–Kier alpha value is -2.28. The summed E-state index contributed by atoms with van der Waals surface area (Å²) in [4.78, 5) is 12.4. The van der Waals surface area contributed by atoms with Gasteiger partial charge in [-0.05, 0) is 24.3 Å². The van der Waals surface area contributed by atoms with Crippen molar-refractivity contribution >= 4 is 21.6 Å². The van der Waals surface area contributed by atoms with Crippen molar-refractivity contribution < 1.29 is 4.52 Å². The molecule has 0 aliphatic rings. The molecule has 0 aliphatic heterocycles. The highest BCUT2D eigenvalue weighted by Crippen LogP contribution is 2.26. The fraction of sp³-hybridized carbons (Fsp3) is 0. The summed E-state index contributed by atoms with van der Waals surface area (Å²) >= 11 is 3.37. The van der Waals surface area contributed by atoms with Gasteiger partial charge >= 0.3 is 0 Å². The van der Waals surface area contributed by atoms with Crippen LogP contribution in [0.25, 0.3) is 23.1 Å². The molecule has 0 radical (unpaired) electrons. The van der Waals surface area contributed by atoms with Gasteiger partial charge in [-0.3, -0.25) is 0 Å². The molecule has 0 fully saturated rings. The maximum absolute atomic E-state index is 5.77. The maximum atomic E-state index is 5.77. The normalized spacial score (nSPS) is 10.6. The van der Waals surface area contributed by atoms with Gasteiger partial charge in [0.15, 0.2) is 0 Å². The van der Waals surface area contributed by atoms with Crippen LogP contribution in [-0.4, -0.2) is 20.1 Å². The van der Waals surface area contributed by atoms with Gasteiger partial charge < -0.3 is 10.3 Å². The highest BCUT2D eigenvalue weighted by atomic mass is 79.9. The van der Waals surface area contributed by atoms with E-state index in [0.717, 1.165) is 10.0 Å². The molecule has 7 heteroatoms. The summed E-state index contributed by atoms with van der Waals surface area (Å²) in [5.74, 6) is 1.13. The lowest BCUT2D eigenvalue weighted by atomic mass is 10.2. The SMILES string of the molecule is Nc1cc(Br)cc(-c2nc(-c3ncccn3)no2)c1. The molecule has 0 aliphatic carbocycles. The van der Waals surface area contributed by atoms with E-state index < -0.39 is 0 Å². The van der Waals surface area contributed by atoms with E-state index in [0.29, 0.717) is 23.2 Å². The molecule has 0 amide bonds. The minimum atomic E-state index is 0.342. The topological polar surface area (TPSA) is 90.7 Å². The van der Waals surface area contributed by atoms with E-state index in [2.05, 4.69) is 36.0 Å². The van der Waals surface area contributed by atoms with Crippen LogP contribution in [0.15, 0.2) is 45.7 Å². The average Bonchev–Trinajstić information content (AvgIpc) is 2.88. The van der Waals surface area contributed by atoms with Gasteiger partial charge in [0, 0.05) is 28.1 Å². The molecule has 1 aromatic carbocycles. The van der Waals surface area contributed by atoms with Crippen LogP contribution in [0.5, 0.6) is 0 Å². The van der Waals surface area contributed by atoms with Crippen molar-refractivity contribution in [1.82, 2.24) is 20.1 Å². The van der Waals surface area contributed by atoms with E-state index >= 15 is 0 Å². The lowest BCUT2D eigenvalue weighted by Crippen LogP contribution is -1.89. The number of nitrogen functional groups attached to an aromatic ring is 1. The summed E-state index contributed by atoms with van der Waals surface area (Å²) in [5, 5.41) is 3.85. The molecule has 2 aromatic heterocycles. The molecule has 2 N–H and O–H groups in total. The van der Waals surface area contributed by atoms with Crippen molar-refractivity contribution in [1.29, 1.82) is 0 Å². The van der Waals surface area contributed by atoms with Gasteiger partial charge in [0.25, 0.3) is 5.89 Å². The predicted octanol–water partition coefficient (Wildman–Crippen LogP) is 2.54. The van der Waals surface area contributed by atoms with Gasteiger partial charge in [0.05, 0.1) is 0 Å². The largest absolute Gasteiger partial charge is 0.399 e. The number of anilines is 1. The average molecular weight is 318 g/mol. The Morgan fingerprint density at radius 2 is 1.84 bits per heavy atom. The fourth-order valence-electron chi connectivity index (χ4n) is 1.58. The quantitative estimate of drug-likeness (QED) is 0.730. The van der Waals surface area contributed by atoms with E-state index in [1.807, 2.05) is 6.07 Å². The molecule has 0 saturated heterocycles. The molecule has 2 heterocycles. The summed E-state index contributed by atoms with van der Waals surface area (Å²) in [5.41, 5.74) is 7.12. The van der Waals surface area contributed by atoms with Crippen molar-refractivity contribution in [3.63, 3.8) is 0 Å². The molecule has 3 rings (SSSR count). The van der Waals surface area contributed by atoms with E-state index in [-0.39, 0.29) is 0 Å². The lowest BCUT2D eigenvalue weighted by Gasteiger charge is -1.98. The molecule has 19 heavy (non-hydrogen) atoms. The van der Waals surface area contributed by atoms with Crippen molar-refractivity contribution in [3.8, 4) is 23.1 Å². The first-order valence-corrected chi connectivity index (χ1v) is 6.19. The molecule has 0 bridgehead atoms. The number of halogens is 1. The van der Waals surface area contributed by atoms with E-state index in [1.165, 1.54) is 0 Å². The summed E-state index contributed by atoms with van der Waals surface area (Å²) < 4.78 is 6.04. The molecule has 94 valence electrons. The minimum Gasteiger partial charge on any atom is -0.399 e. The van der Waals surface area contributed by atoms with Crippen LogP contribution in [-0.2, 0) is 0 Å². The molecule has 0 saturated carbocycles. The summed E-state index contributed by atoms with van der Waals surface area (Å²) in [7, 11) is 0. The maximum Gasteiger partial charge on any atom is 0.258 e. The number of nitrogens with two attached hydrogens (primary N) is 1. The predicted molar refractivity (Wildman–Crippen MR) is 72.9 cm³/mol. The van der Waals surface area contributed by atoms with Crippen LogP contribution in [0.3, 0.4) is 0 Å². The summed E-state index contributed by atoms with van der Waals surface area (Å²) in [6.45, 7) is 0. The Kier molecular flexibility index (Phi) is 2.96. The second kappa shape index (κ2) is 4.77. The second-order valence-corrected chi connectivity index (χ2v) is 4.68. The zero-order valence-electron chi connectivity index (χ0n) is 9.62. The Morgan fingerprint density at radius 1 is 1.05 bits per heavy atom. The zero-order valence-corrected chi connectivity index (χ0v) is 11.2. The number of nitrogens with zero attached hydrogens (tertiary/aromatic N) is 4. The zero-order chi connectivity index (χ0) is 13.2. The minimum absolute atomic E-state index is 0.342. The van der Waals surface area contributed by atoms with Crippen LogP contribution < -0.4 is 5.73 Å². The monoisotopic (exact) mass is 317 g/mol. The van der Waals surface area contributed by atoms with Gasteiger partial charge in [0.2, 0.25) is 11.6 Å². The van der Waals surface area contributed by atoms with Crippen LogP contribution in [0.2, 0.25) is 0 Å². The van der Waals surface area contributed by atoms with Crippen LogP contribution >= 0.6 is 15.9 Å². The van der Waals surface area contributed by atoms with E-state index in [1.54, 1.807) is 30.6 Å². The number of hydrogen-bond donors (Lipinski definition) is 1. The third-order valence-corrected chi connectivity index (χ3v) is 2.82. The first kappa shape index (κ1) is 11.8. The van der Waals surface area contributed by atoms with Crippen molar-refractivity contribution in [3.05, 3.63) is 41.1 Å². The number of hydrogen-bond acceptors (Lipinski definition) is 6. The van der Waals surface area contributed by atoms with Gasteiger partial charge in [-0.2, -0.15) is 4.98 Å². The molecule has 0 spiro atoms. The molecule has 0 atom stereocenters. The standard InChI is InChI=1S/C12H8BrN5O/c13-8-4-7(5-9(14)6-8)12-17-11(18-19-12)10-15-2-1-3-16-10/h1-6H,14H2. The highest BCUT2D eigenvalue weighted by molar-refractivity contribution is 9.10. The molecule has 6 nitrogen and oxygen atoms in total. The van der Waals surface area contributed by atoms with Crippen molar-refractivity contribution in [2.24, 2.45) is 0 Å². The summed E-state index contributed by atoms with van der Waals surface area (Å²) in [6, 6.07) is 7.12. The Balaban J connectivity index is 2.02. The van der Waals surface area contributed by atoms with E-state index in [4.69, 9.17) is 10.3 Å². The van der Waals surface area contributed by atoms with Crippen LogP contribution in [0.4, 0.5) is 5.69 Å². The first-order chi connectivity index (χ1) is 9.22. The van der Waals surface area contributed by atoms with Crippen molar-refractivity contribution in [2.45, 2.75) is 0 Å². The Morgan fingerprint density at radius 3 is 2.58 bits per heavy atom. The molecular formula is C12H8BrN5O. The van der Waals surface area contributed by atoms with E-state index in [9.17, 15) is 0 Å². The number of rotatable bonds is 2. The second-order valence-electron chi connectivity index (χ2n) is 3.77. The summed E-state index contributed by atoms with van der Waals surface area (Å²) in [6.07, 6.45) is 3.24. The van der Waals surface area contributed by atoms with Gasteiger partial charge in [-0.25, -0.2) is 9.97 Å². The molecule has 0 unspecified atom stereocenters. The number of benzene rings is 1. The third kappa shape index (κ3) is 2.45. The smallest absolute Gasteiger partial charge is 0.258 e. The van der Waals surface area contributed by atoms with Gasteiger partial charge in [0.1, 0.15) is 0 Å². The van der Waals surface area contributed by atoms with Crippen LogP contribution in [0, 0.1) is 0 Å². The van der Waals surface area contributed by atoms with Crippen LogP contribution in [0.1, 0.15) is 0 Å². The number of aromatic nitrogens is 4. The Labute approximate surface area is 116 Å². The first-order valence-electron chi connectivity index (χ1n) is 5.40. The van der Waals surface area contributed by atoms with Gasteiger partial charge in [-0.15, -0.1) is 0 Å². The Bertz CT molecular complexity index is 693. The van der Waals surface area contributed by atoms with Crippen molar-refractivity contribution in [2.75, 3.05) is 5.73 Å². The lowest BCUT2D eigenvalue weighted by molar-refractivity contribution is 0.432. The molecular weight excluding hydrogens is 310 g/mol. The highest BCUT2D eigenvalue weighted by Gasteiger charge is 2.13. The van der Waals surface area contributed by atoms with Gasteiger partial charge in [-0.1, -0.05) is 21.1 Å². The fourth-order valence-corrected chi connectivity index (χ4v) is 2.09.